The number of para-hydroxylation sites is 1. The number of carbonyl (C=O) groups excluding carboxylic acids is 3. The van der Waals surface area contributed by atoms with E-state index in [4.69, 9.17) is 5.84 Å². The number of hydrogen-bond acceptors (Lipinski definition) is 5. The lowest BCUT2D eigenvalue weighted by Crippen LogP contribution is -2.39. The molecule has 90 valence electrons. The van der Waals surface area contributed by atoms with Crippen molar-refractivity contribution in [1.82, 2.24) is 5.43 Å². The molecule has 0 unspecified atom stereocenters. The van der Waals surface area contributed by atoms with Crippen molar-refractivity contribution in [1.29, 1.82) is 0 Å². The molecule has 0 atom stereocenters. The maximum absolute atomic E-state index is 11.4. The minimum absolute atomic E-state index is 0.146. The summed E-state index contributed by atoms with van der Waals surface area (Å²) in [4.78, 5) is 33.5. The van der Waals surface area contributed by atoms with Gasteiger partial charge >= 0.3 is 17.8 Å². The highest BCUT2D eigenvalue weighted by molar-refractivity contribution is 6.39. The predicted octanol–water partition coefficient (Wildman–Crippen LogP) is -0.598. The second-order valence-electron chi connectivity index (χ2n) is 2.96. The van der Waals surface area contributed by atoms with Gasteiger partial charge in [-0.15, -0.1) is 0 Å². The van der Waals surface area contributed by atoms with E-state index in [1.165, 1.54) is 19.2 Å². The largest absolute Gasteiger partial charge is 0.465 e. The lowest BCUT2D eigenvalue weighted by Gasteiger charge is -2.08. The zero-order valence-electron chi connectivity index (χ0n) is 9.02. The van der Waals surface area contributed by atoms with Gasteiger partial charge in [-0.05, 0) is 12.1 Å². The maximum Gasteiger partial charge on any atom is 0.339 e. The number of nitrogens with one attached hydrogen (secondary N) is 2. The average Bonchev–Trinajstić information content (AvgIpc) is 2.37. The highest BCUT2D eigenvalue weighted by atomic mass is 16.5. The number of nitrogens with two attached hydrogens (primary N) is 1. The molecular formula is C10H11N3O4. The summed E-state index contributed by atoms with van der Waals surface area (Å²) in [5, 5.41) is 2.24. The second kappa shape index (κ2) is 5.61. The van der Waals surface area contributed by atoms with Gasteiger partial charge in [0.2, 0.25) is 0 Å². The fourth-order valence-corrected chi connectivity index (χ4v) is 1.12. The van der Waals surface area contributed by atoms with E-state index in [0.29, 0.717) is 0 Å². The van der Waals surface area contributed by atoms with E-state index in [1.54, 1.807) is 17.6 Å². The molecule has 0 saturated carbocycles. The molecule has 0 heterocycles. The van der Waals surface area contributed by atoms with E-state index in [-0.39, 0.29) is 11.3 Å². The fraction of sp³-hybridized carbons (Fsp3) is 0.100. The number of ether oxygens (including phenoxy) is 1. The van der Waals surface area contributed by atoms with Gasteiger partial charge < -0.3 is 10.1 Å². The molecule has 0 fully saturated rings. The molecule has 7 nitrogen and oxygen atoms in total. The van der Waals surface area contributed by atoms with E-state index in [1.807, 2.05) is 0 Å². The monoisotopic (exact) mass is 237 g/mol. The number of carbonyl (C=O) groups is 3. The molecule has 1 aromatic rings. The summed E-state index contributed by atoms with van der Waals surface area (Å²) in [6.45, 7) is 0. The summed E-state index contributed by atoms with van der Waals surface area (Å²) < 4.78 is 4.53. The number of hydrogen-bond donors (Lipinski definition) is 3. The number of hydrazine groups is 1. The van der Waals surface area contributed by atoms with Crippen molar-refractivity contribution in [2.45, 2.75) is 0 Å². The first-order valence-electron chi connectivity index (χ1n) is 4.59. The molecule has 0 aliphatic rings. The van der Waals surface area contributed by atoms with E-state index in [2.05, 4.69) is 10.1 Å². The SMILES string of the molecule is COC(=O)c1ccccc1NC(=O)C(=O)NN. The second-order valence-corrected chi connectivity index (χ2v) is 2.96. The number of anilines is 1. The van der Waals surface area contributed by atoms with Crippen LogP contribution in [0.5, 0.6) is 0 Å². The lowest BCUT2D eigenvalue weighted by molar-refractivity contribution is -0.136. The Hall–Kier alpha value is -2.41. The molecule has 0 aliphatic carbocycles. The van der Waals surface area contributed by atoms with Crippen molar-refractivity contribution in [2.75, 3.05) is 12.4 Å². The number of esters is 1. The van der Waals surface area contributed by atoms with Crippen molar-refractivity contribution in [3.05, 3.63) is 29.8 Å². The first-order chi connectivity index (χ1) is 8.10. The molecule has 0 spiro atoms. The number of methoxy groups -OCH3 is 1. The fourth-order valence-electron chi connectivity index (χ4n) is 1.12. The third-order valence-corrected chi connectivity index (χ3v) is 1.92. The first kappa shape index (κ1) is 12.7. The van der Waals surface area contributed by atoms with Crippen LogP contribution in [0.4, 0.5) is 5.69 Å². The van der Waals surface area contributed by atoms with Gasteiger partial charge in [0.15, 0.2) is 0 Å². The van der Waals surface area contributed by atoms with Crippen LogP contribution in [0.25, 0.3) is 0 Å². The van der Waals surface area contributed by atoms with Crippen LogP contribution in [0.2, 0.25) is 0 Å². The summed E-state index contributed by atoms with van der Waals surface area (Å²) >= 11 is 0. The van der Waals surface area contributed by atoms with E-state index in [9.17, 15) is 14.4 Å². The van der Waals surface area contributed by atoms with Gasteiger partial charge in [-0.25, -0.2) is 10.6 Å². The zero-order valence-corrected chi connectivity index (χ0v) is 9.02. The quantitative estimate of drug-likeness (QED) is 0.209. The summed E-state index contributed by atoms with van der Waals surface area (Å²) in [7, 11) is 1.22. The van der Waals surface area contributed by atoms with E-state index < -0.39 is 17.8 Å². The summed E-state index contributed by atoms with van der Waals surface area (Å²) in [6, 6.07) is 6.13. The number of amides is 2. The summed E-state index contributed by atoms with van der Waals surface area (Å²) in [5.74, 6) is 2.20. The third kappa shape index (κ3) is 3.02. The molecular weight excluding hydrogens is 226 g/mol. The standard InChI is InChI=1S/C10H11N3O4/c1-17-10(16)6-4-2-3-5-7(6)12-8(14)9(15)13-11/h2-5H,11H2,1H3,(H,12,14)(H,13,15). The van der Waals surface area contributed by atoms with Crippen molar-refractivity contribution in [3.63, 3.8) is 0 Å². The van der Waals surface area contributed by atoms with Gasteiger partial charge in [-0.1, -0.05) is 12.1 Å². The Morgan fingerprint density at radius 1 is 1.18 bits per heavy atom. The zero-order chi connectivity index (χ0) is 12.8. The molecule has 2 amide bonds. The average molecular weight is 237 g/mol. The Morgan fingerprint density at radius 2 is 1.82 bits per heavy atom. The Kier molecular flexibility index (Phi) is 4.18. The summed E-state index contributed by atoms with van der Waals surface area (Å²) in [6.07, 6.45) is 0. The Morgan fingerprint density at radius 3 is 2.41 bits per heavy atom. The minimum Gasteiger partial charge on any atom is -0.465 e. The first-order valence-corrected chi connectivity index (χ1v) is 4.59. The molecule has 17 heavy (non-hydrogen) atoms. The van der Waals surface area contributed by atoms with Gasteiger partial charge in [0, 0.05) is 0 Å². The molecule has 0 aromatic heterocycles. The van der Waals surface area contributed by atoms with Gasteiger partial charge in [0.05, 0.1) is 18.4 Å². The minimum atomic E-state index is -1.01. The molecule has 4 N–H and O–H groups in total. The predicted molar refractivity (Wildman–Crippen MR) is 58.7 cm³/mol. The number of rotatable bonds is 2. The molecule has 0 saturated heterocycles. The Bertz CT molecular complexity index is 459. The number of benzene rings is 1. The highest BCUT2D eigenvalue weighted by Gasteiger charge is 2.16. The normalized spacial score (nSPS) is 9.29. The van der Waals surface area contributed by atoms with Gasteiger partial charge in [0.25, 0.3) is 0 Å². The van der Waals surface area contributed by atoms with Crippen LogP contribution in [-0.4, -0.2) is 24.9 Å². The molecule has 1 aromatic carbocycles. The topological polar surface area (TPSA) is 111 Å². The van der Waals surface area contributed by atoms with E-state index in [0.717, 1.165) is 0 Å². The summed E-state index contributed by atoms with van der Waals surface area (Å²) in [5.41, 5.74) is 2.00. The van der Waals surface area contributed by atoms with Crippen LogP contribution in [0.1, 0.15) is 10.4 Å². The van der Waals surface area contributed by atoms with Gasteiger partial charge in [-0.3, -0.25) is 15.0 Å². The van der Waals surface area contributed by atoms with Crippen LogP contribution in [0.15, 0.2) is 24.3 Å². The maximum atomic E-state index is 11.4. The molecule has 7 heteroatoms. The van der Waals surface area contributed by atoms with E-state index >= 15 is 0 Å². The van der Waals surface area contributed by atoms with Crippen molar-refractivity contribution < 1.29 is 19.1 Å². The van der Waals surface area contributed by atoms with Crippen LogP contribution in [-0.2, 0) is 14.3 Å². The Balaban J connectivity index is 2.95. The van der Waals surface area contributed by atoms with Crippen molar-refractivity contribution in [3.8, 4) is 0 Å². The highest BCUT2D eigenvalue weighted by Crippen LogP contribution is 2.15. The van der Waals surface area contributed by atoms with Crippen LogP contribution in [0, 0.1) is 0 Å². The Labute approximate surface area is 96.9 Å². The molecule has 0 bridgehead atoms. The van der Waals surface area contributed by atoms with Crippen LogP contribution in [0.3, 0.4) is 0 Å². The molecule has 0 radical (unpaired) electrons. The molecule has 0 aliphatic heterocycles. The van der Waals surface area contributed by atoms with Gasteiger partial charge in [-0.2, -0.15) is 0 Å². The lowest BCUT2D eigenvalue weighted by atomic mass is 10.2. The van der Waals surface area contributed by atoms with Crippen LogP contribution < -0.4 is 16.6 Å². The molecule has 1 rings (SSSR count). The van der Waals surface area contributed by atoms with Crippen molar-refractivity contribution >= 4 is 23.5 Å². The van der Waals surface area contributed by atoms with Crippen molar-refractivity contribution in [2.24, 2.45) is 5.84 Å². The third-order valence-electron chi connectivity index (χ3n) is 1.92. The van der Waals surface area contributed by atoms with Gasteiger partial charge in [0.1, 0.15) is 0 Å². The smallest absolute Gasteiger partial charge is 0.339 e. The van der Waals surface area contributed by atoms with Crippen LogP contribution >= 0.6 is 0 Å².